The van der Waals surface area contributed by atoms with Crippen LogP contribution in [0.4, 0.5) is 4.79 Å². The number of aliphatic carboxylic acids is 1. The van der Waals surface area contributed by atoms with Crippen LogP contribution in [-0.2, 0) is 9.53 Å². The molecule has 0 radical (unpaired) electrons. The molecule has 8 heteroatoms. The van der Waals surface area contributed by atoms with E-state index in [1.54, 1.807) is 17.5 Å². The number of nitrogens with zero attached hydrogens (tertiary/aromatic N) is 1. The van der Waals surface area contributed by atoms with Gasteiger partial charge in [-0.25, -0.2) is 14.6 Å². The van der Waals surface area contributed by atoms with Crippen molar-refractivity contribution in [1.29, 1.82) is 0 Å². The van der Waals surface area contributed by atoms with Gasteiger partial charge in [-0.05, 0) is 12.8 Å². The van der Waals surface area contributed by atoms with Crippen molar-refractivity contribution in [2.75, 3.05) is 13.1 Å². The molecule has 0 aliphatic carbocycles. The number of carboxylic acid groups (broad SMARTS) is 1. The van der Waals surface area contributed by atoms with Crippen LogP contribution in [0.2, 0.25) is 0 Å². The maximum atomic E-state index is 11.7. The molecule has 0 aromatic carbocycles. The third-order valence-electron chi connectivity index (χ3n) is 3.32. The summed E-state index contributed by atoms with van der Waals surface area (Å²) in [5, 5.41) is 17.2. The van der Waals surface area contributed by atoms with Gasteiger partial charge in [0.05, 0.1) is 11.1 Å². The van der Waals surface area contributed by atoms with Crippen LogP contribution >= 0.6 is 11.3 Å². The largest absolute Gasteiger partial charge is 0.479 e. The van der Waals surface area contributed by atoms with E-state index < -0.39 is 12.1 Å². The van der Waals surface area contributed by atoms with Gasteiger partial charge in [-0.15, -0.1) is 11.3 Å². The highest BCUT2D eigenvalue weighted by Gasteiger charge is 2.30. The van der Waals surface area contributed by atoms with Gasteiger partial charge in [0, 0.05) is 30.6 Å². The van der Waals surface area contributed by atoms with Crippen molar-refractivity contribution in [2.45, 2.75) is 37.9 Å². The summed E-state index contributed by atoms with van der Waals surface area (Å²) in [6, 6.07) is -0.277. The fraction of sp³-hybridized carbons (Fsp3) is 0.615. The normalized spacial score (nSPS) is 22.7. The van der Waals surface area contributed by atoms with E-state index in [1.165, 1.54) is 0 Å². The maximum absolute atomic E-state index is 11.7. The first-order valence-corrected chi connectivity index (χ1v) is 7.73. The number of carboxylic acids is 1. The maximum Gasteiger partial charge on any atom is 0.332 e. The molecule has 3 N–H and O–H groups in total. The molecule has 0 spiro atoms. The minimum atomic E-state index is -0.945. The Morgan fingerprint density at radius 2 is 2.33 bits per heavy atom. The van der Waals surface area contributed by atoms with Crippen molar-refractivity contribution < 1.29 is 19.4 Å². The Hall–Kier alpha value is -1.67. The summed E-state index contributed by atoms with van der Waals surface area (Å²) in [5.74, 6) is -0.783. The van der Waals surface area contributed by atoms with Crippen LogP contribution in [0.25, 0.3) is 0 Å². The summed E-state index contributed by atoms with van der Waals surface area (Å²) in [5.41, 5.74) is 0. The highest BCUT2D eigenvalue weighted by Crippen LogP contribution is 2.19. The molecule has 2 rings (SSSR count). The predicted octanol–water partition coefficient (Wildman–Crippen LogP) is 1.18. The molecular formula is C13H19N3O4S. The van der Waals surface area contributed by atoms with Crippen molar-refractivity contribution in [2.24, 2.45) is 0 Å². The Kier molecular flexibility index (Phi) is 5.51. The standard InChI is InChI=1S/C13H19N3O4S/c1-8(11-14-4-5-21-11)6-15-13(19)16-7-9-2-3-10(20-9)12(17)18/h4-5,8-10H,2-3,6-7H2,1H3,(H,17,18)(H2,15,16,19). The van der Waals surface area contributed by atoms with Gasteiger partial charge in [-0.1, -0.05) is 6.92 Å². The van der Waals surface area contributed by atoms with Crippen LogP contribution in [0.15, 0.2) is 11.6 Å². The zero-order valence-electron chi connectivity index (χ0n) is 11.7. The minimum absolute atomic E-state index is 0.162. The molecule has 1 fully saturated rings. The van der Waals surface area contributed by atoms with E-state index in [-0.39, 0.29) is 18.1 Å². The molecule has 2 amide bonds. The fourth-order valence-corrected chi connectivity index (χ4v) is 2.82. The summed E-state index contributed by atoms with van der Waals surface area (Å²) >= 11 is 1.56. The van der Waals surface area contributed by atoms with Gasteiger partial charge in [0.25, 0.3) is 0 Å². The monoisotopic (exact) mass is 313 g/mol. The number of aromatic nitrogens is 1. The lowest BCUT2D eigenvalue weighted by Gasteiger charge is -2.14. The molecule has 0 bridgehead atoms. The average Bonchev–Trinajstić information content (AvgIpc) is 3.13. The van der Waals surface area contributed by atoms with Gasteiger partial charge >= 0.3 is 12.0 Å². The zero-order chi connectivity index (χ0) is 15.2. The van der Waals surface area contributed by atoms with Crippen LogP contribution < -0.4 is 10.6 Å². The summed E-state index contributed by atoms with van der Waals surface area (Å²) in [6.07, 6.45) is 1.90. The second-order valence-corrected chi connectivity index (χ2v) is 5.95. The first-order valence-electron chi connectivity index (χ1n) is 6.85. The number of carbonyl (C=O) groups is 2. The van der Waals surface area contributed by atoms with E-state index in [9.17, 15) is 9.59 Å². The van der Waals surface area contributed by atoms with Crippen LogP contribution in [-0.4, -0.2) is 47.4 Å². The second-order valence-electron chi connectivity index (χ2n) is 5.02. The smallest absolute Gasteiger partial charge is 0.332 e. The number of urea groups is 1. The van der Waals surface area contributed by atoms with Crippen LogP contribution in [0, 0.1) is 0 Å². The quantitative estimate of drug-likeness (QED) is 0.732. The number of hydrogen-bond acceptors (Lipinski definition) is 5. The van der Waals surface area contributed by atoms with Gasteiger partial charge in [0.2, 0.25) is 0 Å². The Balaban J connectivity index is 1.63. The number of nitrogens with one attached hydrogen (secondary N) is 2. The number of ether oxygens (including phenoxy) is 1. The molecule has 116 valence electrons. The van der Waals surface area contributed by atoms with E-state index in [2.05, 4.69) is 15.6 Å². The Labute approximate surface area is 126 Å². The van der Waals surface area contributed by atoms with Gasteiger partial charge in [0.1, 0.15) is 0 Å². The lowest BCUT2D eigenvalue weighted by Crippen LogP contribution is -2.41. The average molecular weight is 313 g/mol. The molecule has 1 aromatic rings. The van der Waals surface area contributed by atoms with Crippen LogP contribution in [0.1, 0.15) is 30.7 Å². The van der Waals surface area contributed by atoms with E-state index >= 15 is 0 Å². The van der Waals surface area contributed by atoms with E-state index in [1.807, 2.05) is 12.3 Å². The third kappa shape index (κ3) is 4.68. The highest BCUT2D eigenvalue weighted by molar-refractivity contribution is 7.09. The molecule has 1 saturated heterocycles. The van der Waals surface area contributed by atoms with Crippen molar-refractivity contribution in [1.82, 2.24) is 15.6 Å². The highest BCUT2D eigenvalue weighted by atomic mass is 32.1. The first-order chi connectivity index (χ1) is 10.1. The lowest BCUT2D eigenvalue weighted by molar-refractivity contribution is -0.149. The van der Waals surface area contributed by atoms with Gasteiger partial charge in [-0.3, -0.25) is 0 Å². The van der Waals surface area contributed by atoms with Crippen molar-refractivity contribution >= 4 is 23.3 Å². The van der Waals surface area contributed by atoms with Gasteiger partial charge < -0.3 is 20.5 Å². The molecular weight excluding hydrogens is 294 g/mol. The lowest BCUT2D eigenvalue weighted by atomic mass is 10.2. The Bertz CT molecular complexity index is 480. The second kappa shape index (κ2) is 7.37. The first kappa shape index (κ1) is 15.7. The van der Waals surface area contributed by atoms with Crippen LogP contribution in [0.3, 0.4) is 0 Å². The number of carbonyl (C=O) groups excluding carboxylic acids is 1. The molecule has 1 aliphatic rings. The zero-order valence-corrected chi connectivity index (χ0v) is 12.6. The van der Waals surface area contributed by atoms with Crippen molar-refractivity contribution in [3.63, 3.8) is 0 Å². The number of hydrogen-bond donors (Lipinski definition) is 3. The summed E-state index contributed by atoms with van der Waals surface area (Å²) in [7, 11) is 0. The SMILES string of the molecule is CC(CNC(=O)NCC1CCC(C(=O)O)O1)c1nccs1. The molecule has 3 unspecified atom stereocenters. The molecule has 0 saturated carbocycles. The number of thiazole rings is 1. The van der Waals surface area contributed by atoms with Gasteiger partial charge in [-0.2, -0.15) is 0 Å². The fourth-order valence-electron chi connectivity index (χ4n) is 2.12. The summed E-state index contributed by atoms with van der Waals surface area (Å²) in [4.78, 5) is 26.6. The number of amides is 2. The van der Waals surface area contributed by atoms with E-state index in [0.29, 0.717) is 25.9 Å². The van der Waals surface area contributed by atoms with Gasteiger partial charge in [0.15, 0.2) is 6.10 Å². The molecule has 1 aromatic heterocycles. The van der Waals surface area contributed by atoms with E-state index in [4.69, 9.17) is 9.84 Å². The minimum Gasteiger partial charge on any atom is -0.479 e. The molecule has 1 aliphatic heterocycles. The van der Waals surface area contributed by atoms with Crippen LogP contribution in [0.5, 0.6) is 0 Å². The number of rotatable bonds is 6. The van der Waals surface area contributed by atoms with Crippen molar-refractivity contribution in [3.05, 3.63) is 16.6 Å². The molecule has 21 heavy (non-hydrogen) atoms. The Morgan fingerprint density at radius 3 is 2.95 bits per heavy atom. The van der Waals surface area contributed by atoms with Crippen molar-refractivity contribution in [3.8, 4) is 0 Å². The Morgan fingerprint density at radius 1 is 1.52 bits per heavy atom. The third-order valence-corrected chi connectivity index (χ3v) is 4.32. The molecule has 2 heterocycles. The van der Waals surface area contributed by atoms with E-state index in [0.717, 1.165) is 5.01 Å². The molecule has 3 atom stereocenters. The summed E-state index contributed by atoms with van der Waals surface area (Å²) in [6.45, 7) is 2.82. The topological polar surface area (TPSA) is 101 Å². The molecule has 7 nitrogen and oxygen atoms in total. The summed E-state index contributed by atoms with van der Waals surface area (Å²) < 4.78 is 5.31. The predicted molar refractivity (Wildman–Crippen MR) is 77.5 cm³/mol.